The Kier molecular flexibility index (Phi) is 2.59. The van der Waals surface area contributed by atoms with Crippen molar-refractivity contribution in [1.82, 2.24) is 13.6 Å². The van der Waals surface area contributed by atoms with Crippen molar-refractivity contribution < 1.29 is 0 Å². The number of rotatable bonds is 1. The van der Waals surface area contributed by atoms with Crippen LogP contribution in [-0.4, -0.2) is 21.9 Å². The van der Waals surface area contributed by atoms with Crippen LogP contribution in [0.5, 0.6) is 0 Å². The summed E-state index contributed by atoms with van der Waals surface area (Å²) in [5.74, 6) is 0.754. The van der Waals surface area contributed by atoms with Gasteiger partial charge in [0, 0.05) is 0 Å². The molecule has 0 aliphatic heterocycles. The maximum atomic E-state index is 13.0. The number of aromatic nitrogens is 3. The van der Waals surface area contributed by atoms with Crippen molar-refractivity contribution in [2.75, 3.05) is 0 Å². The second kappa shape index (κ2) is 4.30. The summed E-state index contributed by atoms with van der Waals surface area (Å²) in [6.45, 7) is 6.79. The molecule has 22 heavy (non-hydrogen) atoms. The van der Waals surface area contributed by atoms with Crippen LogP contribution in [0.15, 0.2) is 53.3 Å². The minimum absolute atomic E-state index is 0.00815. The van der Waals surface area contributed by atoms with Gasteiger partial charge in [-0.1, -0.05) is 43.9 Å². The second-order valence-corrected chi connectivity index (χ2v) is 11.4. The lowest BCUT2D eigenvalue weighted by atomic mass is 10.2. The average Bonchev–Trinajstić information content (AvgIpc) is 2.81. The number of hydrogen-bond acceptors (Lipinski definition) is 2. The zero-order valence-electron chi connectivity index (χ0n) is 12.9. The van der Waals surface area contributed by atoms with E-state index in [0.29, 0.717) is 5.39 Å². The van der Waals surface area contributed by atoms with Crippen molar-refractivity contribution in [3.05, 3.63) is 58.9 Å². The van der Waals surface area contributed by atoms with Gasteiger partial charge in [0.05, 0.1) is 21.9 Å². The summed E-state index contributed by atoms with van der Waals surface area (Å²) in [5, 5.41) is 0.665. The molecular weight excluding hydrogens is 290 g/mol. The Labute approximate surface area is 128 Å². The van der Waals surface area contributed by atoms with E-state index in [9.17, 15) is 4.79 Å². The molecule has 0 aliphatic carbocycles. The minimum atomic E-state index is -1.73. The molecule has 0 radical (unpaired) electrons. The number of imidazole rings is 1. The normalized spacial score (nSPS) is 12.5. The predicted molar refractivity (Wildman–Crippen MR) is 93.2 cm³/mol. The second-order valence-electron chi connectivity index (χ2n) is 6.56. The van der Waals surface area contributed by atoms with Gasteiger partial charge in [-0.2, -0.15) is 0 Å². The zero-order chi connectivity index (χ0) is 15.5. The third-order valence-electron chi connectivity index (χ3n) is 3.99. The van der Waals surface area contributed by atoms with Gasteiger partial charge in [-0.15, -0.1) is 0 Å². The Morgan fingerprint density at radius 2 is 1.55 bits per heavy atom. The molecule has 0 saturated heterocycles. The topological polar surface area (TPSA) is 39.3 Å². The maximum absolute atomic E-state index is 13.0. The highest BCUT2D eigenvalue weighted by Crippen LogP contribution is 2.24. The summed E-state index contributed by atoms with van der Waals surface area (Å²) < 4.78 is 4.03. The quantitative estimate of drug-likeness (QED) is 0.505. The molecule has 0 amide bonds. The first-order valence-electron chi connectivity index (χ1n) is 7.40. The lowest BCUT2D eigenvalue weighted by Gasteiger charge is -2.20. The highest BCUT2D eigenvalue weighted by molar-refractivity contribution is 6.75. The molecule has 2 heterocycles. The van der Waals surface area contributed by atoms with Crippen molar-refractivity contribution in [3.8, 4) is 0 Å². The molecule has 0 unspecified atom stereocenters. The van der Waals surface area contributed by atoms with Crippen LogP contribution in [0.2, 0.25) is 19.6 Å². The lowest BCUT2D eigenvalue weighted by Crippen LogP contribution is -2.32. The van der Waals surface area contributed by atoms with Gasteiger partial charge in [0.25, 0.3) is 5.56 Å². The van der Waals surface area contributed by atoms with E-state index in [2.05, 4.69) is 29.9 Å². The molecule has 4 aromatic rings. The first-order chi connectivity index (χ1) is 10.5. The Balaban J connectivity index is 2.38. The molecule has 2 aromatic heterocycles. The van der Waals surface area contributed by atoms with E-state index in [1.54, 1.807) is 4.40 Å². The van der Waals surface area contributed by atoms with Crippen LogP contribution in [0.1, 0.15) is 0 Å². The molecule has 5 heteroatoms. The van der Waals surface area contributed by atoms with E-state index in [1.165, 1.54) is 0 Å². The summed E-state index contributed by atoms with van der Waals surface area (Å²) in [6.07, 6.45) is 0. The van der Waals surface area contributed by atoms with E-state index in [0.717, 1.165) is 22.3 Å². The molecule has 0 aliphatic rings. The van der Waals surface area contributed by atoms with Gasteiger partial charge in [-0.3, -0.25) is 4.79 Å². The third-order valence-corrected chi connectivity index (χ3v) is 5.77. The Morgan fingerprint density at radius 3 is 2.27 bits per heavy atom. The fourth-order valence-electron chi connectivity index (χ4n) is 3.10. The zero-order valence-corrected chi connectivity index (χ0v) is 13.9. The van der Waals surface area contributed by atoms with E-state index in [4.69, 9.17) is 4.98 Å². The number of nitrogens with zero attached hydrogens (tertiary/aromatic N) is 3. The molecule has 4 nitrogen and oxygen atoms in total. The van der Waals surface area contributed by atoms with Crippen molar-refractivity contribution in [3.63, 3.8) is 0 Å². The standard InChI is InChI=1S/C17H17N3OSi/c1-22(2,3)20-15-11-7-6-10-14(15)19-16(21)12-8-4-5-9-13(12)18-17(19)20/h4-11H,1-3H3. The fraction of sp³-hybridized carbons (Fsp3) is 0.176. The number of hydrogen-bond donors (Lipinski definition) is 0. The van der Waals surface area contributed by atoms with Crippen LogP contribution < -0.4 is 5.56 Å². The van der Waals surface area contributed by atoms with Crippen LogP contribution in [0, 0.1) is 0 Å². The largest absolute Gasteiger partial charge is 0.338 e. The van der Waals surface area contributed by atoms with Crippen molar-refractivity contribution >= 4 is 35.9 Å². The van der Waals surface area contributed by atoms with Crippen LogP contribution in [-0.2, 0) is 0 Å². The average molecular weight is 307 g/mol. The first kappa shape index (κ1) is 13.3. The predicted octanol–water partition coefficient (Wildman–Crippen LogP) is 3.49. The molecule has 110 valence electrons. The summed E-state index contributed by atoms with van der Waals surface area (Å²) in [7, 11) is -1.73. The number of benzene rings is 2. The van der Waals surface area contributed by atoms with Crippen molar-refractivity contribution in [2.45, 2.75) is 19.6 Å². The molecule has 0 spiro atoms. The first-order valence-corrected chi connectivity index (χ1v) is 10.8. The monoisotopic (exact) mass is 307 g/mol. The van der Waals surface area contributed by atoms with Crippen molar-refractivity contribution in [1.29, 1.82) is 0 Å². The maximum Gasteiger partial charge on any atom is 0.267 e. The Bertz CT molecular complexity index is 1090. The molecule has 0 atom stereocenters. The van der Waals surface area contributed by atoms with Gasteiger partial charge in [-0.25, -0.2) is 9.38 Å². The number of para-hydroxylation sites is 3. The number of fused-ring (bicyclic) bond motifs is 4. The van der Waals surface area contributed by atoms with Gasteiger partial charge in [0.15, 0.2) is 8.24 Å². The van der Waals surface area contributed by atoms with Crippen LogP contribution in [0.4, 0.5) is 0 Å². The molecule has 0 bridgehead atoms. The van der Waals surface area contributed by atoms with Gasteiger partial charge < -0.3 is 4.23 Å². The summed E-state index contributed by atoms with van der Waals surface area (Å²) >= 11 is 0. The molecular formula is C17H17N3OSi. The molecule has 0 saturated carbocycles. The Hall–Kier alpha value is -2.40. The summed E-state index contributed by atoms with van der Waals surface area (Å²) in [5.41, 5.74) is 2.79. The van der Waals surface area contributed by atoms with Gasteiger partial charge in [0.2, 0.25) is 5.78 Å². The molecule has 0 N–H and O–H groups in total. The fourth-order valence-corrected chi connectivity index (χ4v) is 4.76. The van der Waals surface area contributed by atoms with Gasteiger partial charge in [-0.05, 0) is 24.3 Å². The summed E-state index contributed by atoms with van der Waals surface area (Å²) in [4.78, 5) is 17.8. The molecule has 4 rings (SSSR count). The Morgan fingerprint density at radius 1 is 0.909 bits per heavy atom. The highest BCUT2D eigenvalue weighted by Gasteiger charge is 2.24. The smallest absolute Gasteiger partial charge is 0.267 e. The van der Waals surface area contributed by atoms with Crippen LogP contribution in [0.3, 0.4) is 0 Å². The van der Waals surface area contributed by atoms with E-state index in [1.807, 2.05) is 42.5 Å². The van der Waals surface area contributed by atoms with E-state index >= 15 is 0 Å². The van der Waals surface area contributed by atoms with Gasteiger partial charge >= 0.3 is 0 Å². The third kappa shape index (κ3) is 1.69. The summed E-state index contributed by atoms with van der Waals surface area (Å²) in [6, 6.07) is 15.6. The molecule has 0 fully saturated rings. The van der Waals surface area contributed by atoms with Gasteiger partial charge in [0.1, 0.15) is 0 Å². The molecule has 2 aromatic carbocycles. The van der Waals surface area contributed by atoms with Crippen molar-refractivity contribution in [2.24, 2.45) is 0 Å². The highest BCUT2D eigenvalue weighted by atomic mass is 28.3. The SMILES string of the molecule is C[Si](C)(C)n1c2ccccc2n2c(=O)c3ccccc3nc12. The lowest BCUT2D eigenvalue weighted by molar-refractivity contribution is 1.08. The van der Waals surface area contributed by atoms with Crippen LogP contribution >= 0.6 is 0 Å². The van der Waals surface area contributed by atoms with Crippen LogP contribution in [0.25, 0.3) is 27.7 Å². The van der Waals surface area contributed by atoms with E-state index in [-0.39, 0.29) is 5.56 Å². The minimum Gasteiger partial charge on any atom is -0.338 e. The van der Waals surface area contributed by atoms with E-state index < -0.39 is 8.24 Å².